The number of ketones is 1. The molecule has 2 aromatic rings. The van der Waals surface area contributed by atoms with Crippen LogP contribution in [0.1, 0.15) is 39.1 Å². The molecule has 1 aromatic heterocycles. The van der Waals surface area contributed by atoms with Gasteiger partial charge in [0, 0.05) is 24.9 Å². The lowest BCUT2D eigenvalue weighted by atomic mass is 9.89. The Balaban J connectivity index is 1.76. The average molecular weight is 343 g/mol. The quantitative estimate of drug-likeness (QED) is 0.891. The number of fused-ring (bicyclic) bond motifs is 1. The van der Waals surface area contributed by atoms with Crippen LogP contribution in [0.2, 0.25) is 0 Å². The second-order valence-electron chi connectivity index (χ2n) is 5.54. The van der Waals surface area contributed by atoms with Crippen LogP contribution in [0.15, 0.2) is 30.3 Å². The van der Waals surface area contributed by atoms with Crippen molar-refractivity contribution in [1.82, 2.24) is 10.3 Å². The zero-order valence-corrected chi connectivity index (χ0v) is 14.0. The van der Waals surface area contributed by atoms with Crippen molar-refractivity contribution in [2.75, 3.05) is 11.9 Å². The van der Waals surface area contributed by atoms with E-state index in [2.05, 4.69) is 15.6 Å². The van der Waals surface area contributed by atoms with Crippen molar-refractivity contribution in [3.8, 4) is 0 Å². The third-order valence-electron chi connectivity index (χ3n) is 3.80. The maximum Gasteiger partial charge on any atom is 0.257 e. The fourth-order valence-corrected chi connectivity index (χ4v) is 3.58. The van der Waals surface area contributed by atoms with E-state index in [0.29, 0.717) is 34.2 Å². The number of thiazole rings is 1. The topological polar surface area (TPSA) is 88.2 Å². The van der Waals surface area contributed by atoms with Gasteiger partial charge in [-0.1, -0.05) is 29.5 Å². The van der Waals surface area contributed by atoms with Crippen molar-refractivity contribution >= 4 is 34.1 Å². The molecule has 6 nitrogen and oxygen atoms in total. The number of nitrogens with zero attached hydrogens (tertiary/aromatic N) is 1. The Hall–Kier alpha value is -2.54. The summed E-state index contributed by atoms with van der Waals surface area (Å²) in [7, 11) is 0. The van der Waals surface area contributed by atoms with E-state index in [1.54, 1.807) is 24.3 Å². The van der Waals surface area contributed by atoms with Gasteiger partial charge in [0.25, 0.3) is 5.91 Å². The molecule has 24 heavy (non-hydrogen) atoms. The van der Waals surface area contributed by atoms with E-state index in [0.717, 1.165) is 0 Å². The van der Waals surface area contributed by atoms with Crippen molar-refractivity contribution < 1.29 is 14.4 Å². The molecule has 1 heterocycles. The van der Waals surface area contributed by atoms with Gasteiger partial charge in [-0.05, 0) is 19.1 Å². The number of anilines is 1. The lowest BCUT2D eigenvalue weighted by Crippen LogP contribution is -2.35. The van der Waals surface area contributed by atoms with Gasteiger partial charge in [0.2, 0.25) is 5.91 Å². The van der Waals surface area contributed by atoms with Gasteiger partial charge in [-0.25, -0.2) is 4.98 Å². The molecule has 0 saturated carbocycles. The van der Waals surface area contributed by atoms with Crippen LogP contribution < -0.4 is 10.6 Å². The third-order valence-corrected chi connectivity index (χ3v) is 4.85. The van der Waals surface area contributed by atoms with Crippen LogP contribution in [0.4, 0.5) is 5.13 Å². The number of hydrogen-bond donors (Lipinski definition) is 2. The van der Waals surface area contributed by atoms with Gasteiger partial charge in [-0.2, -0.15) is 0 Å². The molecule has 3 rings (SSSR count). The van der Waals surface area contributed by atoms with Crippen molar-refractivity contribution in [3.63, 3.8) is 0 Å². The second-order valence-corrected chi connectivity index (χ2v) is 6.54. The van der Waals surface area contributed by atoms with Crippen LogP contribution in [-0.4, -0.2) is 29.1 Å². The highest BCUT2D eigenvalue weighted by atomic mass is 32.1. The number of carbonyl (C=O) groups excluding carboxylic acids is 3. The first-order valence-electron chi connectivity index (χ1n) is 7.75. The summed E-state index contributed by atoms with van der Waals surface area (Å²) in [6.45, 7) is 2.37. The van der Waals surface area contributed by atoms with Crippen LogP contribution >= 0.6 is 11.3 Å². The van der Waals surface area contributed by atoms with Gasteiger partial charge in [-0.15, -0.1) is 0 Å². The zero-order chi connectivity index (χ0) is 17.1. The minimum absolute atomic E-state index is 0.0924. The number of carbonyl (C=O) groups is 3. The minimum Gasteiger partial charge on any atom is -0.356 e. The van der Waals surface area contributed by atoms with E-state index < -0.39 is 0 Å². The molecule has 1 atom stereocenters. The standard InChI is InChI=1S/C17H17N3O3S/c1-2-18-15(22)11-8-12-14(13(21)9-11)24-17(19-12)20-16(23)10-6-4-3-5-7-10/h3-7,11H,2,8-9H2,1H3,(H,18,22)(H,19,20,23). The highest BCUT2D eigenvalue weighted by molar-refractivity contribution is 7.17. The third kappa shape index (κ3) is 3.35. The number of amides is 2. The Labute approximate surface area is 143 Å². The van der Waals surface area contributed by atoms with Crippen LogP contribution in [0.5, 0.6) is 0 Å². The Morgan fingerprint density at radius 2 is 2.00 bits per heavy atom. The molecule has 1 aromatic carbocycles. The summed E-state index contributed by atoms with van der Waals surface area (Å²) >= 11 is 1.17. The first-order valence-corrected chi connectivity index (χ1v) is 8.57. The first kappa shape index (κ1) is 16.3. The summed E-state index contributed by atoms with van der Waals surface area (Å²) in [4.78, 5) is 41.3. The molecule has 1 aliphatic rings. The molecule has 0 fully saturated rings. The lowest BCUT2D eigenvalue weighted by Gasteiger charge is -2.18. The van der Waals surface area contributed by atoms with Gasteiger partial charge in [0.15, 0.2) is 10.9 Å². The van der Waals surface area contributed by atoms with Gasteiger partial charge >= 0.3 is 0 Å². The summed E-state index contributed by atoms with van der Waals surface area (Å²) < 4.78 is 0. The molecule has 0 bridgehead atoms. The van der Waals surface area contributed by atoms with Crippen molar-refractivity contribution in [1.29, 1.82) is 0 Å². The average Bonchev–Trinajstić information content (AvgIpc) is 2.99. The van der Waals surface area contributed by atoms with Crippen LogP contribution in [-0.2, 0) is 11.2 Å². The van der Waals surface area contributed by atoms with E-state index in [1.165, 1.54) is 11.3 Å². The van der Waals surface area contributed by atoms with Crippen LogP contribution in [0.3, 0.4) is 0 Å². The van der Waals surface area contributed by atoms with E-state index in [-0.39, 0.29) is 29.9 Å². The highest BCUT2D eigenvalue weighted by Crippen LogP contribution is 2.32. The molecule has 0 aliphatic heterocycles. The van der Waals surface area contributed by atoms with E-state index in [4.69, 9.17) is 0 Å². The largest absolute Gasteiger partial charge is 0.356 e. The van der Waals surface area contributed by atoms with Crippen LogP contribution in [0, 0.1) is 5.92 Å². The zero-order valence-electron chi connectivity index (χ0n) is 13.2. The molecular formula is C17H17N3O3S. The maximum atomic E-state index is 12.3. The number of hydrogen-bond acceptors (Lipinski definition) is 5. The van der Waals surface area contributed by atoms with Crippen molar-refractivity contribution in [3.05, 3.63) is 46.5 Å². The molecular weight excluding hydrogens is 326 g/mol. The summed E-state index contributed by atoms with van der Waals surface area (Å²) in [6, 6.07) is 8.81. The molecule has 2 N–H and O–H groups in total. The van der Waals surface area contributed by atoms with E-state index >= 15 is 0 Å². The number of rotatable bonds is 4. The number of benzene rings is 1. The predicted octanol–water partition coefficient (Wildman–Crippen LogP) is 2.28. The van der Waals surface area contributed by atoms with Crippen molar-refractivity contribution in [2.24, 2.45) is 5.92 Å². The smallest absolute Gasteiger partial charge is 0.257 e. The number of nitrogens with one attached hydrogen (secondary N) is 2. The molecule has 124 valence electrons. The molecule has 1 unspecified atom stereocenters. The second kappa shape index (κ2) is 6.92. The normalized spacial score (nSPS) is 16.4. The SMILES string of the molecule is CCNC(=O)C1CC(=O)c2sc(NC(=O)c3ccccc3)nc2C1. The number of aromatic nitrogens is 1. The summed E-state index contributed by atoms with van der Waals surface area (Å²) in [6.07, 6.45) is 0.609. The predicted molar refractivity (Wildman–Crippen MR) is 91.3 cm³/mol. The van der Waals surface area contributed by atoms with E-state index in [1.807, 2.05) is 13.0 Å². The van der Waals surface area contributed by atoms with Gasteiger partial charge in [-0.3, -0.25) is 19.7 Å². The Morgan fingerprint density at radius 3 is 2.71 bits per heavy atom. The molecule has 0 radical (unpaired) electrons. The fourth-order valence-electron chi connectivity index (χ4n) is 2.65. The maximum absolute atomic E-state index is 12.3. The lowest BCUT2D eigenvalue weighted by molar-refractivity contribution is -0.124. The first-order chi connectivity index (χ1) is 11.6. The van der Waals surface area contributed by atoms with Crippen molar-refractivity contribution in [2.45, 2.75) is 19.8 Å². The van der Waals surface area contributed by atoms with Gasteiger partial charge < -0.3 is 5.32 Å². The molecule has 1 aliphatic carbocycles. The summed E-state index contributed by atoms with van der Waals surface area (Å²) in [5, 5.41) is 5.85. The highest BCUT2D eigenvalue weighted by Gasteiger charge is 2.32. The summed E-state index contributed by atoms with van der Waals surface area (Å²) in [5.74, 6) is -0.872. The van der Waals surface area contributed by atoms with E-state index in [9.17, 15) is 14.4 Å². The molecule has 0 saturated heterocycles. The molecule has 0 spiro atoms. The minimum atomic E-state index is -0.385. The monoisotopic (exact) mass is 343 g/mol. The van der Waals surface area contributed by atoms with Gasteiger partial charge in [0.1, 0.15) is 0 Å². The number of Topliss-reactive ketones (excluding diaryl/α,β-unsaturated/α-hetero) is 1. The van der Waals surface area contributed by atoms with Crippen LogP contribution in [0.25, 0.3) is 0 Å². The fraction of sp³-hybridized carbons (Fsp3) is 0.294. The van der Waals surface area contributed by atoms with Gasteiger partial charge in [0.05, 0.1) is 16.5 Å². The Morgan fingerprint density at radius 1 is 1.25 bits per heavy atom. The molecule has 7 heteroatoms. The Kier molecular flexibility index (Phi) is 4.71. The summed E-state index contributed by atoms with van der Waals surface area (Å²) in [5.41, 5.74) is 1.12. The Bertz CT molecular complexity index is 786. The molecule has 2 amide bonds.